The van der Waals surface area contributed by atoms with Crippen molar-refractivity contribution in [3.05, 3.63) is 65.2 Å². The number of fused-ring (bicyclic) bond motifs is 1. The number of para-hydroxylation sites is 1. The number of carbonyl (C=O) groups is 2. The Morgan fingerprint density at radius 2 is 1.71 bits per heavy atom. The first-order chi connectivity index (χ1) is 11.6. The third kappa shape index (κ3) is 3.65. The average molecular weight is 323 g/mol. The van der Waals surface area contributed by atoms with Crippen LogP contribution in [0.2, 0.25) is 0 Å². The summed E-state index contributed by atoms with van der Waals surface area (Å²) in [4.78, 5) is 25.8. The normalized spacial score (nSPS) is 13.0. The standard InChI is InChI=1S/C20H21NO3/c1-21(18-9-3-2-4-10-18)19(22)14-24-20(23)17-12-11-15-7-5-6-8-16(15)13-17/h2-4,9-13H,5-8,14H2,1H3. The van der Waals surface area contributed by atoms with Gasteiger partial charge in [-0.25, -0.2) is 4.79 Å². The fraction of sp³-hybridized carbons (Fsp3) is 0.300. The molecule has 0 fully saturated rings. The van der Waals surface area contributed by atoms with Crippen molar-refractivity contribution in [3.8, 4) is 0 Å². The number of hydrogen-bond donors (Lipinski definition) is 0. The molecular weight excluding hydrogens is 302 g/mol. The van der Waals surface area contributed by atoms with E-state index in [1.165, 1.54) is 22.4 Å². The summed E-state index contributed by atoms with van der Waals surface area (Å²) >= 11 is 0. The van der Waals surface area contributed by atoms with Crippen LogP contribution in [0.15, 0.2) is 48.5 Å². The Morgan fingerprint density at radius 3 is 2.46 bits per heavy atom. The van der Waals surface area contributed by atoms with Gasteiger partial charge in [0.15, 0.2) is 6.61 Å². The SMILES string of the molecule is CN(C(=O)COC(=O)c1ccc2c(c1)CCCC2)c1ccccc1. The van der Waals surface area contributed by atoms with Crippen molar-refractivity contribution in [2.45, 2.75) is 25.7 Å². The number of hydrogen-bond acceptors (Lipinski definition) is 3. The largest absolute Gasteiger partial charge is 0.452 e. The molecule has 1 amide bonds. The molecule has 24 heavy (non-hydrogen) atoms. The van der Waals surface area contributed by atoms with Gasteiger partial charge in [-0.15, -0.1) is 0 Å². The number of benzene rings is 2. The van der Waals surface area contributed by atoms with Gasteiger partial charge in [0.2, 0.25) is 0 Å². The number of anilines is 1. The Balaban J connectivity index is 1.60. The van der Waals surface area contributed by atoms with Crippen molar-refractivity contribution >= 4 is 17.6 Å². The summed E-state index contributed by atoms with van der Waals surface area (Å²) in [5, 5.41) is 0. The molecule has 0 aliphatic heterocycles. The van der Waals surface area contributed by atoms with E-state index in [0.717, 1.165) is 24.9 Å². The predicted molar refractivity (Wildman–Crippen MR) is 93.2 cm³/mol. The highest BCUT2D eigenvalue weighted by atomic mass is 16.5. The highest BCUT2D eigenvalue weighted by Crippen LogP contribution is 2.22. The zero-order valence-electron chi connectivity index (χ0n) is 13.8. The van der Waals surface area contributed by atoms with Crippen molar-refractivity contribution in [1.29, 1.82) is 0 Å². The molecule has 1 aliphatic carbocycles. The predicted octanol–water partition coefficient (Wildman–Crippen LogP) is 3.39. The van der Waals surface area contributed by atoms with Crippen LogP contribution in [0.1, 0.15) is 34.3 Å². The first-order valence-corrected chi connectivity index (χ1v) is 8.25. The van der Waals surface area contributed by atoms with Crippen LogP contribution in [-0.4, -0.2) is 25.5 Å². The van der Waals surface area contributed by atoms with Gasteiger partial charge in [-0.1, -0.05) is 24.3 Å². The highest BCUT2D eigenvalue weighted by Gasteiger charge is 2.16. The number of esters is 1. The number of carbonyl (C=O) groups excluding carboxylic acids is 2. The molecule has 4 nitrogen and oxygen atoms in total. The van der Waals surface area contributed by atoms with E-state index in [1.54, 1.807) is 13.1 Å². The molecular formula is C20H21NO3. The van der Waals surface area contributed by atoms with Gasteiger partial charge in [-0.3, -0.25) is 4.79 Å². The second-order valence-electron chi connectivity index (χ2n) is 6.06. The fourth-order valence-corrected chi connectivity index (χ4v) is 2.96. The first kappa shape index (κ1) is 16.2. The van der Waals surface area contributed by atoms with E-state index in [9.17, 15) is 9.59 Å². The lowest BCUT2D eigenvalue weighted by Gasteiger charge is -2.18. The molecule has 0 saturated heterocycles. The lowest BCUT2D eigenvalue weighted by Crippen LogP contribution is -2.31. The maximum absolute atomic E-state index is 12.2. The van der Waals surface area contributed by atoms with E-state index in [-0.39, 0.29) is 12.5 Å². The molecule has 3 rings (SSSR count). The van der Waals surface area contributed by atoms with Crippen LogP contribution in [0.3, 0.4) is 0 Å². The van der Waals surface area contributed by atoms with E-state index >= 15 is 0 Å². The number of rotatable bonds is 4. The summed E-state index contributed by atoms with van der Waals surface area (Å²) < 4.78 is 5.19. The molecule has 2 aromatic carbocycles. The van der Waals surface area contributed by atoms with Gasteiger partial charge < -0.3 is 9.64 Å². The molecule has 0 heterocycles. The van der Waals surface area contributed by atoms with E-state index in [2.05, 4.69) is 0 Å². The number of likely N-dealkylation sites (N-methyl/N-ethyl adjacent to an activating group) is 1. The fourth-order valence-electron chi connectivity index (χ4n) is 2.96. The summed E-state index contributed by atoms with van der Waals surface area (Å²) in [5.74, 6) is -0.703. The molecule has 0 saturated carbocycles. The smallest absolute Gasteiger partial charge is 0.338 e. The zero-order chi connectivity index (χ0) is 16.9. The van der Waals surface area contributed by atoms with E-state index in [4.69, 9.17) is 4.74 Å². The van der Waals surface area contributed by atoms with Crippen LogP contribution in [0, 0.1) is 0 Å². The van der Waals surface area contributed by atoms with Crippen molar-refractivity contribution in [2.75, 3.05) is 18.6 Å². The molecule has 0 spiro atoms. The molecule has 0 bridgehead atoms. The highest BCUT2D eigenvalue weighted by molar-refractivity contribution is 5.96. The Morgan fingerprint density at radius 1 is 1.00 bits per heavy atom. The Labute approximate surface area is 142 Å². The van der Waals surface area contributed by atoms with Gasteiger partial charge in [0, 0.05) is 12.7 Å². The maximum Gasteiger partial charge on any atom is 0.338 e. The second-order valence-corrected chi connectivity index (χ2v) is 6.06. The molecule has 0 unspecified atom stereocenters. The molecule has 1 aliphatic rings. The van der Waals surface area contributed by atoms with Gasteiger partial charge in [0.25, 0.3) is 5.91 Å². The molecule has 0 aromatic heterocycles. The molecule has 2 aromatic rings. The number of aryl methyl sites for hydroxylation is 2. The van der Waals surface area contributed by atoms with E-state index in [1.807, 2.05) is 42.5 Å². The Hall–Kier alpha value is -2.62. The zero-order valence-corrected chi connectivity index (χ0v) is 13.8. The Kier molecular flexibility index (Phi) is 4.94. The molecule has 0 radical (unpaired) electrons. The van der Waals surface area contributed by atoms with Crippen LogP contribution >= 0.6 is 0 Å². The van der Waals surface area contributed by atoms with Crippen LogP contribution in [0.25, 0.3) is 0 Å². The molecule has 0 atom stereocenters. The summed E-state index contributed by atoms with van der Waals surface area (Å²) in [6.45, 7) is -0.263. The first-order valence-electron chi connectivity index (χ1n) is 8.25. The van der Waals surface area contributed by atoms with Gasteiger partial charge in [-0.05, 0) is 61.1 Å². The quantitative estimate of drug-likeness (QED) is 0.810. The van der Waals surface area contributed by atoms with Gasteiger partial charge in [-0.2, -0.15) is 0 Å². The summed E-state index contributed by atoms with van der Waals surface area (Å²) in [6.07, 6.45) is 4.44. The number of nitrogens with zero attached hydrogens (tertiary/aromatic N) is 1. The Bertz CT molecular complexity index is 740. The van der Waals surface area contributed by atoms with Gasteiger partial charge in [0.1, 0.15) is 0 Å². The van der Waals surface area contributed by atoms with Crippen molar-refractivity contribution in [1.82, 2.24) is 0 Å². The van der Waals surface area contributed by atoms with E-state index < -0.39 is 5.97 Å². The number of ether oxygens (including phenoxy) is 1. The van der Waals surface area contributed by atoms with Crippen molar-refractivity contribution in [2.24, 2.45) is 0 Å². The van der Waals surface area contributed by atoms with Crippen LogP contribution in [-0.2, 0) is 22.4 Å². The van der Waals surface area contributed by atoms with Crippen molar-refractivity contribution < 1.29 is 14.3 Å². The molecule has 0 N–H and O–H groups in total. The summed E-state index contributed by atoms with van der Waals surface area (Å²) in [6, 6.07) is 15.0. The minimum absolute atomic E-state index is 0.257. The summed E-state index contributed by atoms with van der Waals surface area (Å²) in [5.41, 5.74) is 3.83. The van der Waals surface area contributed by atoms with E-state index in [0.29, 0.717) is 5.56 Å². The number of amides is 1. The molecule has 124 valence electrons. The maximum atomic E-state index is 12.2. The minimum Gasteiger partial charge on any atom is -0.452 e. The lowest BCUT2D eigenvalue weighted by atomic mass is 9.90. The molecule has 4 heteroatoms. The third-order valence-corrected chi connectivity index (χ3v) is 4.43. The topological polar surface area (TPSA) is 46.6 Å². The van der Waals surface area contributed by atoms with Crippen LogP contribution < -0.4 is 4.90 Å². The second kappa shape index (κ2) is 7.30. The minimum atomic E-state index is -0.446. The summed E-state index contributed by atoms with van der Waals surface area (Å²) in [7, 11) is 1.67. The van der Waals surface area contributed by atoms with Gasteiger partial charge in [0.05, 0.1) is 5.56 Å². The average Bonchev–Trinajstić information content (AvgIpc) is 2.65. The monoisotopic (exact) mass is 323 g/mol. The van der Waals surface area contributed by atoms with Gasteiger partial charge >= 0.3 is 5.97 Å². The van der Waals surface area contributed by atoms with Crippen molar-refractivity contribution in [3.63, 3.8) is 0 Å². The lowest BCUT2D eigenvalue weighted by molar-refractivity contribution is -0.121. The van der Waals surface area contributed by atoms with Crippen LogP contribution in [0.5, 0.6) is 0 Å². The third-order valence-electron chi connectivity index (χ3n) is 4.43. The van der Waals surface area contributed by atoms with Crippen LogP contribution in [0.4, 0.5) is 5.69 Å².